The Morgan fingerprint density at radius 3 is 1.36 bits per heavy atom. The van der Waals surface area contributed by atoms with Crippen LogP contribution in [0, 0.1) is 0 Å². The molecule has 0 atom stereocenters. The molecule has 3 heteroatoms. The Morgan fingerprint density at radius 1 is 0.344 bits per heavy atom. The van der Waals surface area contributed by atoms with Gasteiger partial charge in [-0.2, -0.15) is 0 Å². The molecule has 3 nitrogen and oxygen atoms in total. The zero-order chi connectivity index (χ0) is 40.5. The molecule has 11 rings (SSSR count). The number of fused-ring (bicyclic) bond motifs is 4. The fourth-order valence-corrected chi connectivity index (χ4v) is 8.54. The van der Waals surface area contributed by atoms with Gasteiger partial charge in [-0.1, -0.05) is 170 Å². The van der Waals surface area contributed by atoms with E-state index in [1.165, 1.54) is 33.0 Å². The lowest BCUT2D eigenvalue weighted by atomic mass is 9.96. The number of nitrogens with zero attached hydrogens (tertiary/aromatic N) is 1. The Morgan fingerprint density at radius 2 is 0.803 bits per heavy atom. The third-order valence-electron chi connectivity index (χ3n) is 11.6. The number of hydrogen-bond donors (Lipinski definition) is 1. The highest BCUT2D eigenvalue weighted by atomic mass is 16.3. The molecule has 11 aromatic rings. The quantitative estimate of drug-likeness (QED) is 0.158. The minimum atomic E-state index is 0.830. The Labute approximate surface area is 355 Å². The van der Waals surface area contributed by atoms with Crippen molar-refractivity contribution in [3.63, 3.8) is 0 Å². The highest BCUT2D eigenvalue weighted by Gasteiger charge is 2.23. The molecular formula is C58H40N2O. The molecule has 1 aromatic heterocycles. The number of nitrogens with one attached hydrogen (secondary N) is 1. The van der Waals surface area contributed by atoms with Gasteiger partial charge in [0.05, 0.1) is 5.69 Å². The van der Waals surface area contributed by atoms with Crippen LogP contribution in [0.15, 0.2) is 241 Å². The predicted molar refractivity (Wildman–Crippen MR) is 257 cm³/mol. The smallest absolute Gasteiger partial charge is 0.159 e. The van der Waals surface area contributed by atoms with Crippen LogP contribution in [0.5, 0.6) is 0 Å². The maximum absolute atomic E-state index is 6.87. The number of rotatable bonds is 9. The molecule has 0 aliphatic carbocycles. The maximum Gasteiger partial charge on any atom is 0.159 e. The van der Waals surface area contributed by atoms with E-state index in [0.29, 0.717) is 0 Å². The Hall–Kier alpha value is -8.14. The molecule has 0 saturated heterocycles. The summed E-state index contributed by atoms with van der Waals surface area (Å²) in [6, 6.07) is 84.2. The van der Waals surface area contributed by atoms with Gasteiger partial charge in [-0.25, -0.2) is 0 Å². The first-order valence-corrected chi connectivity index (χ1v) is 20.7. The lowest BCUT2D eigenvalue weighted by molar-refractivity contribution is 0.669. The predicted octanol–water partition coefficient (Wildman–Crippen LogP) is 16.6. The van der Waals surface area contributed by atoms with Crippen LogP contribution in [0.1, 0.15) is 0 Å². The average Bonchev–Trinajstić information content (AvgIpc) is 3.72. The molecule has 288 valence electrons. The summed E-state index contributed by atoms with van der Waals surface area (Å²) in [4.78, 5) is 2.34. The van der Waals surface area contributed by atoms with Crippen LogP contribution in [0.3, 0.4) is 0 Å². The second kappa shape index (κ2) is 15.6. The Bertz CT molecular complexity index is 3200. The monoisotopic (exact) mass is 780 g/mol. The van der Waals surface area contributed by atoms with Crippen LogP contribution in [0.4, 0.5) is 28.4 Å². The second-order valence-electron chi connectivity index (χ2n) is 15.4. The lowest BCUT2D eigenvalue weighted by Gasteiger charge is -2.27. The topological polar surface area (TPSA) is 28.4 Å². The van der Waals surface area contributed by atoms with Crippen molar-refractivity contribution in [3.05, 3.63) is 237 Å². The van der Waals surface area contributed by atoms with E-state index >= 15 is 0 Å². The summed E-state index contributed by atoms with van der Waals surface area (Å²) in [5.41, 5.74) is 16.0. The summed E-state index contributed by atoms with van der Waals surface area (Å²) in [6.07, 6.45) is 0. The normalized spacial score (nSPS) is 11.3. The molecule has 0 radical (unpaired) electrons. The van der Waals surface area contributed by atoms with E-state index < -0.39 is 0 Å². The first-order valence-electron chi connectivity index (χ1n) is 20.7. The molecular weight excluding hydrogens is 741 g/mol. The van der Waals surface area contributed by atoms with Gasteiger partial charge in [0.2, 0.25) is 0 Å². The van der Waals surface area contributed by atoms with Gasteiger partial charge in [0.25, 0.3) is 0 Å². The summed E-state index contributed by atoms with van der Waals surface area (Å²) in [7, 11) is 0. The maximum atomic E-state index is 6.87. The fourth-order valence-electron chi connectivity index (χ4n) is 8.54. The molecule has 0 aliphatic heterocycles. The number of para-hydroxylation sites is 1. The van der Waals surface area contributed by atoms with Crippen LogP contribution in [0.25, 0.3) is 77.2 Å². The van der Waals surface area contributed by atoms with Gasteiger partial charge < -0.3 is 14.6 Å². The summed E-state index contributed by atoms with van der Waals surface area (Å²) in [5, 5.41) is 8.31. The molecule has 0 aliphatic rings. The van der Waals surface area contributed by atoms with Crippen LogP contribution in [0.2, 0.25) is 0 Å². The van der Waals surface area contributed by atoms with E-state index in [9.17, 15) is 0 Å². The van der Waals surface area contributed by atoms with Crippen molar-refractivity contribution in [3.8, 4) is 44.5 Å². The SMILES string of the molecule is c1ccc(-c2ccc(Nc3cc4ccccc4cc3-c3cc(N(c4ccc(-c5ccccc5)cc4)c4ccc(-c5ccccc5)cc4)c4oc5ccccc5c4c3)cc2)cc1. The number of furan rings is 1. The minimum Gasteiger partial charge on any atom is -0.454 e. The largest absolute Gasteiger partial charge is 0.454 e. The van der Waals surface area contributed by atoms with Gasteiger partial charge in [-0.15, -0.1) is 0 Å². The van der Waals surface area contributed by atoms with E-state index in [-0.39, 0.29) is 0 Å². The van der Waals surface area contributed by atoms with Crippen molar-refractivity contribution in [1.29, 1.82) is 0 Å². The van der Waals surface area contributed by atoms with Crippen LogP contribution in [-0.4, -0.2) is 0 Å². The molecule has 0 spiro atoms. The van der Waals surface area contributed by atoms with Gasteiger partial charge in [0, 0.05) is 39.1 Å². The van der Waals surface area contributed by atoms with E-state index in [1.807, 2.05) is 6.07 Å². The highest BCUT2D eigenvalue weighted by Crippen LogP contribution is 2.47. The van der Waals surface area contributed by atoms with E-state index in [2.05, 4.69) is 241 Å². The first kappa shape index (κ1) is 36.0. The van der Waals surface area contributed by atoms with Crippen LogP contribution >= 0.6 is 0 Å². The lowest BCUT2D eigenvalue weighted by Crippen LogP contribution is -2.10. The number of hydrogen-bond acceptors (Lipinski definition) is 3. The summed E-state index contributed by atoms with van der Waals surface area (Å²) in [5.74, 6) is 0. The van der Waals surface area contributed by atoms with Gasteiger partial charge in [0.15, 0.2) is 5.58 Å². The Kier molecular flexibility index (Phi) is 9.18. The van der Waals surface area contributed by atoms with Crippen molar-refractivity contribution < 1.29 is 4.42 Å². The van der Waals surface area contributed by atoms with Crippen molar-refractivity contribution >= 4 is 61.1 Å². The molecule has 1 heterocycles. The minimum absolute atomic E-state index is 0.830. The molecule has 0 fully saturated rings. The third kappa shape index (κ3) is 6.98. The summed E-state index contributed by atoms with van der Waals surface area (Å²) < 4.78 is 6.87. The van der Waals surface area contributed by atoms with Crippen LogP contribution < -0.4 is 10.2 Å². The van der Waals surface area contributed by atoms with E-state index in [1.54, 1.807) is 0 Å². The average molecular weight is 781 g/mol. The number of benzene rings is 10. The summed E-state index contributed by atoms with van der Waals surface area (Å²) in [6.45, 7) is 0. The molecule has 0 saturated carbocycles. The van der Waals surface area contributed by atoms with Crippen molar-refractivity contribution in [1.82, 2.24) is 0 Å². The third-order valence-corrected chi connectivity index (χ3v) is 11.6. The van der Waals surface area contributed by atoms with Gasteiger partial charge >= 0.3 is 0 Å². The van der Waals surface area contributed by atoms with Crippen molar-refractivity contribution in [2.45, 2.75) is 0 Å². The fraction of sp³-hybridized carbons (Fsp3) is 0. The van der Waals surface area contributed by atoms with Crippen molar-refractivity contribution in [2.75, 3.05) is 10.2 Å². The van der Waals surface area contributed by atoms with Gasteiger partial charge in [0.1, 0.15) is 5.58 Å². The summed E-state index contributed by atoms with van der Waals surface area (Å²) >= 11 is 0. The standard InChI is InChI=1S/C58H40N2O/c1-4-14-40(15-5-1)43-24-30-49(31-25-43)59-55-38-47-21-11-10-20-46(47)36-53(55)48-37-54-52-22-12-13-23-57(52)61-58(54)56(39-48)60(50-32-26-44(27-33-50)41-16-6-2-7-17-41)51-34-28-45(29-35-51)42-18-8-3-9-19-42/h1-39,59H. The molecule has 0 bridgehead atoms. The second-order valence-corrected chi connectivity index (χ2v) is 15.4. The highest BCUT2D eigenvalue weighted by molar-refractivity contribution is 6.13. The Balaban J connectivity index is 1.11. The van der Waals surface area contributed by atoms with Crippen LogP contribution in [-0.2, 0) is 0 Å². The van der Waals surface area contributed by atoms with Gasteiger partial charge in [-0.05, 0) is 116 Å². The number of anilines is 5. The first-order chi connectivity index (χ1) is 30.2. The molecule has 0 unspecified atom stereocenters. The van der Waals surface area contributed by atoms with Gasteiger partial charge in [-0.3, -0.25) is 0 Å². The zero-order valence-corrected chi connectivity index (χ0v) is 33.4. The van der Waals surface area contributed by atoms with E-state index in [4.69, 9.17) is 4.42 Å². The molecule has 1 N–H and O–H groups in total. The van der Waals surface area contributed by atoms with Crippen molar-refractivity contribution in [2.24, 2.45) is 0 Å². The zero-order valence-electron chi connectivity index (χ0n) is 33.4. The molecule has 10 aromatic carbocycles. The molecule has 0 amide bonds. The molecule has 61 heavy (non-hydrogen) atoms. The van der Waals surface area contributed by atoms with E-state index in [0.717, 1.165) is 72.6 Å².